The van der Waals surface area contributed by atoms with Gasteiger partial charge in [0.15, 0.2) is 0 Å². The van der Waals surface area contributed by atoms with Gasteiger partial charge in [0.05, 0.1) is 6.42 Å². The number of furan rings is 1. The second kappa shape index (κ2) is 7.35. The van der Waals surface area contributed by atoms with Crippen molar-refractivity contribution in [3.8, 4) is 0 Å². The number of rotatable bonds is 7. The van der Waals surface area contributed by atoms with Crippen LogP contribution in [-0.4, -0.2) is 48.8 Å². The first-order valence-corrected chi connectivity index (χ1v) is 7.26. The Labute approximate surface area is 133 Å². The molecule has 0 aliphatic heterocycles. The average Bonchev–Trinajstić information content (AvgIpc) is 2.81. The predicted octanol–water partition coefficient (Wildman–Crippen LogP) is 2.18. The van der Waals surface area contributed by atoms with E-state index >= 15 is 0 Å². The Morgan fingerprint density at radius 1 is 1.39 bits per heavy atom. The molecule has 0 saturated heterocycles. The number of carbonyl (C=O) groups excluding carboxylic acids is 1. The topological polar surface area (TPSA) is 65.7 Å². The van der Waals surface area contributed by atoms with Crippen molar-refractivity contribution in [2.75, 3.05) is 20.6 Å². The molecular weight excluding hydrogens is 313 g/mol. The van der Waals surface area contributed by atoms with Gasteiger partial charge in [-0.3, -0.25) is 4.79 Å². The van der Waals surface area contributed by atoms with Gasteiger partial charge in [0.1, 0.15) is 11.5 Å². The number of nitrogens with one attached hydrogen (secondary N) is 1. The molecule has 0 aliphatic rings. The van der Waals surface area contributed by atoms with Crippen LogP contribution in [0.25, 0.3) is 0 Å². The minimum absolute atomic E-state index is 0.224. The Kier molecular flexibility index (Phi) is 6.24. The highest BCUT2D eigenvalue weighted by Crippen LogP contribution is 2.42. The summed E-state index contributed by atoms with van der Waals surface area (Å²) in [4.78, 5) is 13.8. The van der Waals surface area contributed by atoms with Crippen molar-refractivity contribution in [1.82, 2.24) is 10.2 Å². The molecule has 0 saturated carbocycles. The Bertz CT molecular complexity index is 528. The maximum Gasteiger partial charge on any atom is 0.425 e. The lowest BCUT2D eigenvalue weighted by atomic mass is 9.95. The van der Waals surface area contributed by atoms with Crippen molar-refractivity contribution in [1.29, 1.82) is 0 Å². The van der Waals surface area contributed by atoms with Gasteiger partial charge >= 0.3 is 6.18 Å². The molecule has 0 radical (unpaired) electrons. The van der Waals surface area contributed by atoms with Gasteiger partial charge in [0.2, 0.25) is 11.5 Å². The lowest BCUT2D eigenvalue weighted by Crippen LogP contribution is -2.47. The van der Waals surface area contributed by atoms with E-state index in [1.807, 2.05) is 19.0 Å². The molecule has 1 aromatic heterocycles. The molecule has 1 amide bonds. The van der Waals surface area contributed by atoms with Gasteiger partial charge in [0, 0.05) is 6.04 Å². The number of amides is 1. The SMILES string of the molecule is Cc1ccc(C(O)(CC(=O)NC(C)CCN(C)C)C(F)(F)F)o1. The molecule has 1 heterocycles. The van der Waals surface area contributed by atoms with E-state index in [1.165, 1.54) is 13.0 Å². The van der Waals surface area contributed by atoms with Crippen molar-refractivity contribution >= 4 is 5.91 Å². The lowest BCUT2D eigenvalue weighted by Gasteiger charge is -2.28. The number of aryl methyl sites for hydroxylation is 1. The number of nitrogens with zero attached hydrogens (tertiary/aromatic N) is 1. The van der Waals surface area contributed by atoms with Crippen molar-refractivity contribution in [3.05, 3.63) is 23.7 Å². The van der Waals surface area contributed by atoms with Crippen LogP contribution in [0.3, 0.4) is 0 Å². The van der Waals surface area contributed by atoms with Crippen molar-refractivity contribution < 1.29 is 27.5 Å². The first-order valence-electron chi connectivity index (χ1n) is 7.26. The van der Waals surface area contributed by atoms with Crippen LogP contribution in [0, 0.1) is 6.92 Å². The molecule has 0 aromatic carbocycles. The van der Waals surface area contributed by atoms with Crippen LogP contribution >= 0.6 is 0 Å². The molecule has 5 nitrogen and oxygen atoms in total. The zero-order chi connectivity index (χ0) is 17.8. The third-order valence-electron chi connectivity index (χ3n) is 3.45. The van der Waals surface area contributed by atoms with Gasteiger partial charge in [-0.1, -0.05) is 0 Å². The summed E-state index contributed by atoms with van der Waals surface area (Å²) in [6, 6.07) is 2.04. The summed E-state index contributed by atoms with van der Waals surface area (Å²) in [5.74, 6) is -1.34. The lowest BCUT2D eigenvalue weighted by molar-refractivity contribution is -0.273. The number of alkyl halides is 3. The van der Waals surface area contributed by atoms with Crippen LogP contribution in [0.5, 0.6) is 0 Å². The Morgan fingerprint density at radius 2 is 2.00 bits per heavy atom. The molecule has 1 aromatic rings. The molecule has 2 N–H and O–H groups in total. The van der Waals surface area contributed by atoms with Gasteiger partial charge in [0.25, 0.3) is 0 Å². The van der Waals surface area contributed by atoms with Crippen LogP contribution in [-0.2, 0) is 10.4 Å². The van der Waals surface area contributed by atoms with Crippen LogP contribution in [0.15, 0.2) is 16.5 Å². The summed E-state index contributed by atoms with van der Waals surface area (Å²) >= 11 is 0. The van der Waals surface area contributed by atoms with Gasteiger partial charge in [-0.05, 0) is 53.0 Å². The Morgan fingerprint density at radius 3 is 2.43 bits per heavy atom. The quantitative estimate of drug-likeness (QED) is 0.801. The molecule has 0 fully saturated rings. The Hall–Kier alpha value is -1.54. The van der Waals surface area contributed by atoms with E-state index in [-0.39, 0.29) is 11.8 Å². The fourth-order valence-corrected chi connectivity index (χ4v) is 2.07. The number of aliphatic hydroxyl groups is 1. The monoisotopic (exact) mass is 336 g/mol. The standard InChI is InChI=1S/C15H23F3N2O3/c1-10(7-8-20(3)4)19-13(21)9-14(22,15(16,17)18)12-6-5-11(2)23-12/h5-6,10,22H,7-9H2,1-4H3,(H,19,21). The van der Waals surface area contributed by atoms with E-state index in [4.69, 9.17) is 4.42 Å². The molecule has 8 heteroatoms. The number of carbonyl (C=O) groups is 1. The van der Waals surface area contributed by atoms with Gasteiger partial charge in [-0.25, -0.2) is 0 Å². The molecule has 132 valence electrons. The average molecular weight is 336 g/mol. The van der Waals surface area contributed by atoms with E-state index in [0.29, 0.717) is 13.0 Å². The highest BCUT2D eigenvalue weighted by atomic mass is 19.4. The normalized spacial score (nSPS) is 16.2. The summed E-state index contributed by atoms with van der Waals surface area (Å²) in [5, 5.41) is 12.5. The molecule has 0 spiro atoms. The number of halogens is 3. The van der Waals surface area contributed by atoms with E-state index in [0.717, 1.165) is 6.07 Å². The van der Waals surface area contributed by atoms with Crippen LogP contribution in [0.4, 0.5) is 13.2 Å². The van der Waals surface area contributed by atoms with Gasteiger partial charge in [-0.15, -0.1) is 0 Å². The zero-order valence-electron chi connectivity index (χ0n) is 13.7. The van der Waals surface area contributed by atoms with Crippen LogP contribution in [0.1, 0.15) is 31.3 Å². The maximum atomic E-state index is 13.3. The number of hydrogen-bond donors (Lipinski definition) is 2. The Balaban J connectivity index is 2.81. The third-order valence-corrected chi connectivity index (χ3v) is 3.45. The van der Waals surface area contributed by atoms with Crippen LogP contribution in [0.2, 0.25) is 0 Å². The molecular formula is C15H23F3N2O3. The zero-order valence-corrected chi connectivity index (χ0v) is 13.7. The maximum absolute atomic E-state index is 13.3. The van der Waals surface area contributed by atoms with Gasteiger partial charge in [-0.2, -0.15) is 13.2 Å². The summed E-state index contributed by atoms with van der Waals surface area (Å²) in [6.45, 7) is 3.84. The third kappa shape index (κ3) is 5.24. The highest BCUT2D eigenvalue weighted by Gasteiger charge is 2.58. The first-order chi connectivity index (χ1) is 10.5. The predicted molar refractivity (Wildman–Crippen MR) is 78.8 cm³/mol. The molecule has 0 aliphatic carbocycles. The van der Waals surface area contributed by atoms with E-state index in [2.05, 4.69) is 5.32 Å². The van der Waals surface area contributed by atoms with Gasteiger partial charge < -0.3 is 19.7 Å². The minimum Gasteiger partial charge on any atom is -0.463 e. The molecule has 0 bridgehead atoms. The minimum atomic E-state index is -5.03. The summed E-state index contributed by atoms with van der Waals surface area (Å²) in [7, 11) is 3.71. The van der Waals surface area contributed by atoms with E-state index in [1.54, 1.807) is 6.92 Å². The first kappa shape index (κ1) is 19.5. The molecule has 2 atom stereocenters. The second-order valence-corrected chi connectivity index (χ2v) is 6.01. The number of hydrogen-bond acceptors (Lipinski definition) is 4. The fraction of sp³-hybridized carbons (Fsp3) is 0.667. The van der Waals surface area contributed by atoms with Crippen LogP contribution < -0.4 is 5.32 Å². The van der Waals surface area contributed by atoms with Crippen molar-refractivity contribution in [2.24, 2.45) is 0 Å². The second-order valence-electron chi connectivity index (χ2n) is 6.01. The van der Waals surface area contributed by atoms with Crippen molar-refractivity contribution in [2.45, 2.75) is 44.5 Å². The molecule has 1 rings (SSSR count). The highest BCUT2D eigenvalue weighted by molar-refractivity contribution is 5.77. The summed E-state index contributed by atoms with van der Waals surface area (Å²) in [5.41, 5.74) is -3.34. The summed E-state index contributed by atoms with van der Waals surface area (Å²) in [6.07, 6.45) is -5.58. The largest absolute Gasteiger partial charge is 0.463 e. The summed E-state index contributed by atoms with van der Waals surface area (Å²) < 4.78 is 44.7. The molecule has 2 unspecified atom stereocenters. The molecule has 23 heavy (non-hydrogen) atoms. The van der Waals surface area contributed by atoms with E-state index < -0.39 is 29.9 Å². The van der Waals surface area contributed by atoms with E-state index in [9.17, 15) is 23.1 Å². The fourth-order valence-electron chi connectivity index (χ4n) is 2.07. The van der Waals surface area contributed by atoms with Crippen molar-refractivity contribution in [3.63, 3.8) is 0 Å². The smallest absolute Gasteiger partial charge is 0.425 e.